The maximum atomic E-state index is 12.3. The van der Waals surface area contributed by atoms with Crippen LogP contribution in [-0.4, -0.2) is 24.7 Å². The molecule has 21 heavy (non-hydrogen) atoms. The highest BCUT2D eigenvalue weighted by Crippen LogP contribution is 2.20. The third kappa shape index (κ3) is 4.55. The summed E-state index contributed by atoms with van der Waals surface area (Å²) in [6.07, 6.45) is 5.96. The lowest BCUT2D eigenvalue weighted by Crippen LogP contribution is -2.54. The van der Waals surface area contributed by atoms with E-state index in [2.05, 4.69) is 24.4 Å². The van der Waals surface area contributed by atoms with Crippen LogP contribution in [0.1, 0.15) is 44.6 Å². The van der Waals surface area contributed by atoms with E-state index in [9.17, 15) is 4.79 Å². The van der Waals surface area contributed by atoms with Gasteiger partial charge in [-0.1, -0.05) is 31.9 Å². The lowest BCUT2D eigenvalue weighted by molar-refractivity contribution is -0.124. The first-order valence-corrected chi connectivity index (χ1v) is 7.91. The Bertz CT molecular complexity index is 450. The van der Waals surface area contributed by atoms with E-state index >= 15 is 0 Å². The molecule has 1 fully saturated rings. The van der Waals surface area contributed by atoms with Crippen molar-refractivity contribution < 1.29 is 9.53 Å². The van der Waals surface area contributed by atoms with Gasteiger partial charge < -0.3 is 15.8 Å². The first kappa shape index (κ1) is 16.0. The van der Waals surface area contributed by atoms with E-state index in [1.54, 1.807) is 0 Å². The molecule has 0 aliphatic carbocycles. The highest BCUT2D eigenvalue weighted by atomic mass is 16.5. The Labute approximate surface area is 127 Å². The third-order valence-corrected chi connectivity index (χ3v) is 4.12. The average Bonchev–Trinajstić information content (AvgIpc) is 2.50. The maximum Gasteiger partial charge on any atom is 0.244 e. The molecule has 0 atom stereocenters. The Morgan fingerprint density at radius 3 is 2.52 bits per heavy atom. The van der Waals surface area contributed by atoms with Gasteiger partial charge >= 0.3 is 0 Å². The number of amides is 1. The summed E-state index contributed by atoms with van der Waals surface area (Å²) in [6, 6.07) is 8.08. The largest absolute Gasteiger partial charge is 0.381 e. The molecule has 0 unspecified atom stereocenters. The second-order valence-corrected chi connectivity index (χ2v) is 5.88. The van der Waals surface area contributed by atoms with Crippen molar-refractivity contribution in [1.82, 2.24) is 0 Å². The number of anilines is 1. The second kappa shape index (κ2) is 7.57. The van der Waals surface area contributed by atoms with Crippen molar-refractivity contribution >= 4 is 11.6 Å². The van der Waals surface area contributed by atoms with Crippen molar-refractivity contribution in [3.8, 4) is 0 Å². The minimum Gasteiger partial charge on any atom is -0.381 e. The normalized spacial score (nSPS) is 17.4. The molecule has 1 aliphatic rings. The van der Waals surface area contributed by atoms with E-state index in [-0.39, 0.29) is 5.91 Å². The first-order valence-electron chi connectivity index (χ1n) is 7.91. The number of unbranched alkanes of at least 4 members (excludes halogenated alkanes) is 2. The number of aryl methyl sites for hydroxylation is 1. The van der Waals surface area contributed by atoms with E-state index in [0.717, 1.165) is 12.1 Å². The van der Waals surface area contributed by atoms with E-state index in [1.165, 1.54) is 24.8 Å². The summed E-state index contributed by atoms with van der Waals surface area (Å²) in [7, 11) is 0. The average molecular weight is 290 g/mol. The monoisotopic (exact) mass is 290 g/mol. The Morgan fingerprint density at radius 1 is 1.24 bits per heavy atom. The number of rotatable bonds is 6. The Morgan fingerprint density at radius 2 is 1.90 bits per heavy atom. The fourth-order valence-electron chi connectivity index (χ4n) is 2.55. The topological polar surface area (TPSA) is 64.4 Å². The highest BCUT2D eigenvalue weighted by Gasteiger charge is 2.35. The molecule has 0 radical (unpaired) electrons. The molecule has 3 N–H and O–H groups in total. The van der Waals surface area contributed by atoms with E-state index in [0.29, 0.717) is 26.1 Å². The molecule has 0 bridgehead atoms. The predicted molar refractivity (Wildman–Crippen MR) is 85.3 cm³/mol. The molecule has 0 aromatic heterocycles. The zero-order valence-corrected chi connectivity index (χ0v) is 12.9. The molecule has 1 saturated heterocycles. The van der Waals surface area contributed by atoms with Crippen molar-refractivity contribution in [1.29, 1.82) is 0 Å². The van der Waals surface area contributed by atoms with Crippen LogP contribution in [0.15, 0.2) is 24.3 Å². The third-order valence-electron chi connectivity index (χ3n) is 4.12. The Kier molecular flexibility index (Phi) is 5.76. The van der Waals surface area contributed by atoms with Crippen LogP contribution in [0.2, 0.25) is 0 Å². The zero-order valence-electron chi connectivity index (χ0n) is 12.9. The van der Waals surface area contributed by atoms with Gasteiger partial charge in [-0.3, -0.25) is 4.79 Å². The summed E-state index contributed by atoms with van der Waals surface area (Å²) in [5.41, 5.74) is 7.51. The number of benzene rings is 1. The number of carbonyl (C=O) groups excluding carboxylic acids is 1. The summed E-state index contributed by atoms with van der Waals surface area (Å²) < 4.78 is 5.27. The number of hydrogen-bond acceptors (Lipinski definition) is 3. The summed E-state index contributed by atoms with van der Waals surface area (Å²) in [6.45, 7) is 3.32. The smallest absolute Gasteiger partial charge is 0.244 e. The van der Waals surface area contributed by atoms with E-state index in [4.69, 9.17) is 10.5 Å². The number of hydrogen-bond donors (Lipinski definition) is 2. The fraction of sp³-hybridized carbons (Fsp3) is 0.588. The van der Waals surface area contributed by atoms with Crippen LogP contribution in [0.5, 0.6) is 0 Å². The predicted octanol–water partition coefficient (Wildman–Crippen LogP) is 2.87. The Hall–Kier alpha value is -1.39. The van der Waals surface area contributed by atoms with Gasteiger partial charge in [0.15, 0.2) is 0 Å². The molecule has 1 amide bonds. The summed E-state index contributed by atoms with van der Waals surface area (Å²) >= 11 is 0. The van der Waals surface area contributed by atoms with Crippen LogP contribution < -0.4 is 11.1 Å². The fourth-order valence-corrected chi connectivity index (χ4v) is 2.55. The molecule has 116 valence electrons. The second-order valence-electron chi connectivity index (χ2n) is 5.88. The lowest BCUT2D eigenvalue weighted by atomic mass is 9.90. The Balaban J connectivity index is 1.89. The summed E-state index contributed by atoms with van der Waals surface area (Å²) in [5, 5.41) is 2.93. The van der Waals surface area contributed by atoms with Crippen LogP contribution in [0, 0.1) is 0 Å². The quantitative estimate of drug-likeness (QED) is 0.792. The standard InChI is InChI=1S/C17H26N2O2/c1-2-3-4-5-14-6-8-15(9-7-14)19-16(20)17(18)10-12-21-13-11-17/h6-9H,2-5,10-13,18H2,1H3,(H,19,20). The molecule has 4 heteroatoms. The van der Waals surface area contributed by atoms with Crippen LogP contribution in [-0.2, 0) is 16.0 Å². The molecule has 0 spiro atoms. The van der Waals surface area contributed by atoms with Gasteiger partial charge in [0.1, 0.15) is 5.54 Å². The van der Waals surface area contributed by atoms with Gasteiger partial charge in [-0.25, -0.2) is 0 Å². The summed E-state index contributed by atoms with van der Waals surface area (Å²) in [4.78, 5) is 12.3. The van der Waals surface area contributed by atoms with Crippen molar-refractivity contribution in [2.45, 2.75) is 51.0 Å². The SMILES string of the molecule is CCCCCc1ccc(NC(=O)C2(N)CCOCC2)cc1. The number of nitrogens with one attached hydrogen (secondary N) is 1. The highest BCUT2D eigenvalue weighted by molar-refractivity contribution is 5.98. The number of nitrogens with two attached hydrogens (primary N) is 1. The van der Waals surface area contributed by atoms with Crippen molar-refractivity contribution in [3.63, 3.8) is 0 Å². The van der Waals surface area contributed by atoms with Crippen LogP contribution in [0.3, 0.4) is 0 Å². The molecule has 1 aliphatic heterocycles. The number of carbonyl (C=O) groups is 1. The van der Waals surface area contributed by atoms with Crippen molar-refractivity contribution in [2.24, 2.45) is 5.73 Å². The first-order chi connectivity index (χ1) is 10.1. The van der Waals surface area contributed by atoms with Gasteiger partial charge in [0.25, 0.3) is 0 Å². The molecular weight excluding hydrogens is 264 g/mol. The minimum atomic E-state index is -0.794. The molecule has 1 aromatic carbocycles. The molecule has 0 saturated carbocycles. The number of ether oxygens (including phenoxy) is 1. The van der Waals surface area contributed by atoms with Crippen molar-refractivity contribution in [2.75, 3.05) is 18.5 Å². The molecule has 4 nitrogen and oxygen atoms in total. The van der Waals surface area contributed by atoms with Gasteiger partial charge in [0, 0.05) is 18.9 Å². The van der Waals surface area contributed by atoms with Crippen LogP contribution in [0.4, 0.5) is 5.69 Å². The minimum absolute atomic E-state index is 0.107. The molecule has 1 heterocycles. The molecule has 2 rings (SSSR count). The van der Waals surface area contributed by atoms with Crippen molar-refractivity contribution in [3.05, 3.63) is 29.8 Å². The summed E-state index contributed by atoms with van der Waals surface area (Å²) in [5.74, 6) is -0.107. The van der Waals surface area contributed by atoms with Crippen LogP contribution >= 0.6 is 0 Å². The van der Waals surface area contributed by atoms with Gasteiger partial charge in [0.05, 0.1) is 0 Å². The van der Waals surface area contributed by atoms with E-state index in [1.807, 2.05) is 12.1 Å². The maximum absolute atomic E-state index is 12.3. The van der Waals surface area contributed by atoms with Gasteiger partial charge in [-0.15, -0.1) is 0 Å². The molecule has 1 aromatic rings. The van der Waals surface area contributed by atoms with Crippen LogP contribution in [0.25, 0.3) is 0 Å². The van der Waals surface area contributed by atoms with Gasteiger partial charge in [-0.2, -0.15) is 0 Å². The molecular formula is C17H26N2O2. The van der Waals surface area contributed by atoms with Gasteiger partial charge in [-0.05, 0) is 43.4 Å². The van der Waals surface area contributed by atoms with Gasteiger partial charge in [0.2, 0.25) is 5.91 Å². The lowest BCUT2D eigenvalue weighted by Gasteiger charge is -2.31. The zero-order chi connectivity index (χ0) is 15.1. The van der Waals surface area contributed by atoms with E-state index < -0.39 is 5.54 Å².